The third-order valence-electron chi connectivity index (χ3n) is 4.14. The largest absolute Gasteiger partial charge is 0.339 e. The molecule has 122 valence electrons. The van der Waals surface area contributed by atoms with Crippen LogP contribution < -0.4 is 0 Å². The molecule has 0 saturated carbocycles. The molecule has 2 heterocycles. The first-order valence-corrected chi connectivity index (χ1v) is 8.91. The van der Waals surface area contributed by atoms with Crippen LogP contribution in [0.1, 0.15) is 31.7 Å². The normalized spacial score (nSPS) is 18.2. The van der Waals surface area contributed by atoms with Crippen molar-refractivity contribution in [1.82, 2.24) is 25.1 Å². The van der Waals surface area contributed by atoms with Gasteiger partial charge in [-0.15, -0.1) is 5.10 Å². The molecule has 6 nitrogen and oxygen atoms in total. The Morgan fingerprint density at radius 2 is 2.26 bits per heavy atom. The minimum Gasteiger partial charge on any atom is -0.339 e. The minimum absolute atomic E-state index is 0.168. The topological polar surface area (TPSA) is 63.9 Å². The summed E-state index contributed by atoms with van der Waals surface area (Å²) >= 11 is 1.39. The Labute approximate surface area is 140 Å². The van der Waals surface area contributed by atoms with E-state index < -0.39 is 0 Å². The summed E-state index contributed by atoms with van der Waals surface area (Å²) in [6.45, 7) is 5.02. The third kappa shape index (κ3) is 3.72. The van der Waals surface area contributed by atoms with Gasteiger partial charge in [0.25, 0.3) is 0 Å². The quantitative estimate of drug-likeness (QED) is 0.805. The Hall–Kier alpha value is -1.89. The standard InChI is InChI=1S/C16H21N5OS/c1-12-6-5-8-14(10-12)21-16(17-18-19-21)23-11-15(22)20-9-4-3-7-13(20)2/h5-6,8,10,13H,3-4,7,9,11H2,1-2H3/t13-/m1/s1. The van der Waals surface area contributed by atoms with Crippen molar-refractivity contribution in [2.75, 3.05) is 12.3 Å². The van der Waals surface area contributed by atoms with E-state index in [0.717, 1.165) is 30.6 Å². The fourth-order valence-electron chi connectivity index (χ4n) is 2.87. The summed E-state index contributed by atoms with van der Waals surface area (Å²) in [6, 6.07) is 8.32. The van der Waals surface area contributed by atoms with Gasteiger partial charge in [-0.1, -0.05) is 23.9 Å². The SMILES string of the molecule is Cc1cccc(-n2nnnc2SCC(=O)N2CCCC[C@H]2C)c1. The summed E-state index contributed by atoms with van der Waals surface area (Å²) in [5.41, 5.74) is 2.06. The molecule has 1 aliphatic rings. The number of benzene rings is 1. The van der Waals surface area contributed by atoms with Gasteiger partial charge < -0.3 is 4.90 Å². The molecule has 1 aliphatic heterocycles. The number of likely N-dealkylation sites (tertiary alicyclic amines) is 1. The van der Waals surface area contributed by atoms with Gasteiger partial charge in [-0.2, -0.15) is 4.68 Å². The first-order valence-electron chi connectivity index (χ1n) is 7.93. The number of nitrogens with zero attached hydrogens (tertiary/aromatic N) is 5. The van der Waals surface area contributed by atoms with Crippen LogP contribution in [0, 0.1) is 6.92 Å². The van der Waals surface area contributed by atoms with Gasteiger partial charge >= 0.3 is 0 Å². The molecule has 0 N–H and O–H groups in total. The second-order valence-electron chi connectivity index (χ2n) is 5.93. The molecule has 1 fully saturated rings. The average molecular weight is 331 g/mol. The maximum atomic E-state index is 12.4. The summed E-state index contributed by atoms with van der Waals surface area (Å²) in [7, 11) is 0. The van der Waals surface area contributed by atoms with Gasteiger partial charge in [0.2, 0.25) is 11.1 Å². The van der Waals surface area contributed by atoms with Crippen LogP contribution >= 0.6 is 11.8 Å². The highest BCUT2D eigenvalue weighted by Gasteiger charge is 2.23. The lowest BCUT2D eigenvalue weighted by Crippen LogP contribution is -2.42. The molecule has 7 heteroatoms. The molecule has 1 amide bonds. The number of aryl methyl sites for hydroxylation is 1. The second-order valence-corrected chi connectivity index (χ2v) is 6.88. The molecule has 0 aliphatic carbocycles. The summed E-state index contributed by atoms with van der Waals surface area (Å²) in [4.78, 5) is 14.4. The van der Waals surface area contributed by atoms with Crippen LogP contribution in [-0.2, 0) is 4.79 Å². The Morgan fingerprint density at radius 1 is 1.39 bits per heavy atom. The van der Waals surface area contributed by atoms with E-state index in [1.54, 1.807) is 4.68 Å². The number of tetrazole rings is 1. The molecule has 0 unspecified atom stereocenters. The van der Waals surface area contributed by atoms with Crippen LogP contribution in [0.4, 0.5) is 0 Å². The lowest BCUT2D eigenvalue weighted by molar-refractivity contribution is -0.131. The zero-order chi connectivity index (χ0) is 16.2. The summed E-state index contributed by atoms with van der Waals surface area (Å²) in [6.07, 6.45) is 3.41. The number of piperidine rings is 1. The van der Waals surface area contributed by atoms with Gasteiger partial charge in [-0.25, -0.2) is 0 Å². The molecule has 0 spiro atoms. The smallest absolute Gasteiger partial charge is 0.233 e. The molecule has 2 aromatic rings. The van der Waals surface area contributed by atoms with E-state index in [1.165, 1.54) is 18.2 Å². The van der Waals surface area contributed by atoms with E-state index >= 15 is 0 Å². The van der Waals surface area contributed by atoms with E-state index in [4.69, 9.17) is 0 Å². The predicted octanol–water partition coefficient (Wildman–Crippen LogP) is 2.46. The van der Waals surface area contributed by atoms with Crippen molar-refractivity contribution in [2.24, 2.45) is 0 Å². The highest BCUT2D eigenvalue weighted by Crippen LogP contribution is 2.22. The van der Waals surface area contributed by atoms with Crippen molar-refractivity contribution in [3.05, 3.63) is 29.8 Å². The number of hydrogen-bond donors (Lipinski definition) is 0. The lowest BCUT2D eigenvalue weighted by Gasteiger charge is -2.33. The number of hydrogen-bond acceptors (Lipinski definition) is 5. The predicted molar refractivity (Wildman–Crippen MR) is 89.6 cm³/mol. The minimum atomic E-state index is 0.168. The zero-order valence-corrected chi connectivity index (χ0v) is 14.3. The molecule has 1 aromatic heterocycles. The lowest BCUT2D eigenvalue weighted by atomic mass is 10.0. The average Bonchev–Trinajstić information content (AvgIpc) is 3.01. The molecule has 1 atom stereocenters. The molecule has 0 bridgehead atoms. The number of amides is 1. The Kier molecular flexibility index (Phi) is 4.95. The molecule has 1 aromatic carbocycles. The molecule has 1 saturated heterocycles. The third-order valence-corrected chi connectivity index (χ3v) is 5.04. The zero-order valence-electron chi connectivity index (χ0n) is 13.5. The number of carbonyl (C=O) groups is 1. The van der Waals surface area contributed by atoms with Crippen LogP contribution in [0.15, 0.2) is 29.4 Å². The van der Waals surface area contributed by atoms with Crippen molar-refractivity contribution >= 4 is 17.7 Å². The fraction of sp³-hybridized carbons (Fsp3) is 0.500. The highest BCUT2D eigenvalue weighted by atomic mass is 32.2. The van der Waals surface area contributed by atoms with Gasteiger partial charge in [0, 0.05) is 12.6 Å². The number of aromatic nitrogens is 4. The fourth-order valence-corrected chi connectivity index (χ4v) is 3.65. The van der Waals surface area contributed by atoms with Gasteiger partial charge in [0.05, 0.1) is 11.4 Å². The van der Waals surface area contributed by atoms with Gasteiger partial charge in [-0.3, -0.25) is 4.79 Å². The molecular weight excluding hydrogens is 310 g/mol. The summed E-state index contributed by atoms with van der Waals surface area (Å²) < 4.78 is 1.69. The van der Waals surface area contributed by atoms with Crippen LogP contribution in [-0.4, -0.2) is 49.4 Å². The van der Waals surface area contributed by atoms with Crippen LogP contribution in [0.2, 0.25) is 0 Å². The monoisotopic (exact) mass is 331 g/mol. The van der Waals surface area contributed by atoms with Crippen molar-refractivity contribution in [1.29, 1.82) is 0 Å². The Balaban J connectivity index is 1.67. The first-order chi connectivity index (χ1) is 11.1. The Bertz CT molecular complexity index is 687. The number of thioether (sulfide) groups is 1. The van der Waals surface area contributed by atoms with E-state index in [1.807, 2.05) is 36.1 Å². The highest BCUT2D eigenvalue weighted by molar-refractivity contribution is 7.99. The van der Waals surface area contributed by atoms with E-state index in [9.17, 15) is 4.79 Å². The van der Waals surface area contributed by atoms with Gasteiger partial charge in [0.1, 0.15) is 0 Å². The summed E-state index contributed by atoms with van der Waals surface area (Å²) in [5, 5.41) is 12.5. The first kappa shape index (κ1) is 16.0. The second kappa shape index (κ2) is 7.12. The number of carbonyl (C=O) groups excluding carboxylic acids is 1. The van der Waals surface area contributed by atoms with Crippen LogP contribution in [0.5, 0.6) is 0 Å². The van der Waals surface area contributed by atoms with Crippen LogP contribution in [0.25, 0.3) is 5.69 Å². The number of rotatable bonds is 4. The van der Waals surface area contributed by atoms with E-state index in [0.29, 0.717) is 17.0 Å². The van der Waals surface area contributed by atoms with Gasteiger partial charge in [0.15, 0.2) is 0 Å². The molecule has 0 radical (unpaired) electrons. The Morgan fingerprint density at radius 3 is 3.04 bits per heavy atom. The summed E-state index contributed by atoms with van der Waals surface area (Å²) in [5.74, 6) is 0.539. The van der Waals surface area contributed by atoms with Crippen LogP contribution in [0.3, 0.4) is 0 Å². The molecule has 3 rings (SSSR count). The van der Waals surface area contributed by atoms with Crippen molar-refractivity contribution in [3.63, 3.8) is 0 Å². The van der Waals surface area contributed by atoms with E-state index in [-0.39, 0.29) is 5.91 Å². The van der Waals surface area contributed by atoms with Crippen molar-refractivity contribution in [2.45, 2.75) is 44.3 Å². The van der Waals surface area contributed by atoms with Crippen molar-refractivity contribution in [3.8, 4) is 5.69 Å². The molecule has 23 heavy (non-hydrogen) atoms. The maximum absolute atomic E-state index is 12.4. The van der Waals surface area contributed by atoms with E-state index in [2.05, 4.69) is 22.4 Å². The van der Waals surface area contributed by atoms with Crippen molar-refractivity contribution < 1.29 is 4.79 Å². The maximum Gasteiger partial charge on any atom is 0.233 e. The molecular formula is C16H21N5OS. The van der Waals surface area contributed by atoms with Gasteiger partial charge in [-0.05, 0) is 61.2 Å².